The van der Waals surface area contributed by atoms with Gasteiger partial charge in [-0.25, -0.2) is 0 Å². The summed E-state index contributed by atoms with van der Waals surface area (Å²) in [6, 6.07) is 9.63. The minimum absolute atomic E-state index is 0.0394. The van der Waals surface area contributed by atoms with Crippen LogP contribution in [0.2, 0.25) is 0 Å². The molecule has 3 rings (SSSR count). The Morgan fingerprint density at radius 3 is 2.39 bits per heavy atom. The molecule has 0 atom stereocenters. The van der Waals surface area contributed by atoms with E-state index in [1.165, 1.54) is 0 Å². The lowest BCUT2D eigenvalue weighted by molar-refractivity contribution is 0.0772. The molecule has 3 aromatic rings. The van der Waals surface area contributed by atoms with E-state index in [-0.39, 0.29) is 5.91 Å². The first-order valence-electron chi connectivity index (χ1n) is 7.47. The van der Waals surface area contributed by atoms with E-state index in [0.717, 1.165) is 28.3 Å². The van der Waals surface area contributed by atoms with Crippen molar-refractivity contribution in [2.24, 2.45) is 5.41 Å². The summed E-state index contributed by atoms with van der Waals surface area (Å²) in [6.45, 7) is 5.61. The molecular formula is C19H18N2O2. The van der Waals surface area contributed by atoms with Gasteiger partial charge in [-0.2, -0.15) is 0 Å². The van der Waals surface area contributed by atoms with E-state index in [1.54, 1.807) is 23.2 Å². The average molecular weight is 306 g/mol. The van der Waals surface area contributed by atoms with Crippen molar-refractivity contribution in [3.05, 3.63) is 54.5 Å². The van der Waals surface area contributed by atoms with E-state index in [1.807, 2.05) is 51.1 Å². The van der Waals surface area contributed by atoms with Crippen LogP contribution in [-0.4, -0.2) is 21.7 Å². The molecule has 4 nitrogen and oxygen atoms in total. The zero-order chi connectivity index (χ0) is 16.6. The highest BCUT2D eigenvalue weighted by atomic mass is 16.2. The summed E-state index contributed by atoms with van der Waals surface area (Å²) in [6.07, 6.45) is 5.88. The fourth-order valence-corrected chi connectivity index (χ4v) is 2.60. The molecule has 0 bridgehead atoms. The molecule has 0 fully saturated rings. The first-order valence-corrected chi connectivity index (χ1v) is 7.47. The second-order valence-corrected chi connectivity index (χ2v) is 6.60. The number of rotatable bonds is 2. The predicted molar refractivity (Wildman–Crippen MR) is 90.6 cm³/mol. The first kappa shape index (κ1) is 15.2. The number of benzene rings is 1. The van der Waals surface area contributed by atoms with Crippen molar-refractivity contribution in [3.63, 3.8) is 0 Å². The monoisotopic (exact) mass is 306 g/mol. The third kappa shape index (κ3) is 2.68. The van der Waals surface area contributed by atoms with Gasteiger partial charge in [-0.3, -0.25) is 19.1 Å². The lowest BCUT2D eigenvalue weighted by atomic mass is 9.95. The second-order valence-electron chi connectivity index (χ2n) is 6.60. The molecule has 23 heavy (non-hydrogen) atoms. The number of carbonyl (C=O) groups excluding carboxylic acids is 2. The van der Waals surface area contributed by atoms with Gasteiger partial charge in [0.1, 0.15) is 0 Å². The highest BCUT2D eigenvalue weighted by molar-refractivity contribution is 6.04. The Hall–Kier alpha value is -2.75. The Morgan fingerprint density at radius 1 is 1.09 bits per heavy atom. The molecule has 0 aliphatic carbocycles. The Balaban J connectivity index is 2.25. The minimum atomic E-state index is -0.529. The van der Waals surface area contributed by atoms with E-state index in [9.17, 15) is 9.59 Å². The van der Waals surface area contributed by atoms with Crippen molar-refractivity contribution < 1.29 is 9.59 Å². The van der Waals surface area contributed by atoms with Crippen molar-refractivity contribution in [2.45, 2.75) is 20.8 Å². The fourth-order valence-electron chi connectivity index (χ4n) is 2.60. The Morgan fingerprint density at radius 2 is 1.78 bits per heavy atom. The van der Waals surface area contributed by atoms with Crippen molar-refractivity contribution in [1.29, 1.82) is 0 Å². The Kier molecular flexibility index (Phi) is 3.60. The van der Waals surface area contributed by atoms with Gasteiger partial charge in [-0.05, 0) is 29.3 Å². The summed E-state index contributed by atoms with van der Waals surface area (Å²) >= 11 is 0. The molecule has 0 saturated heterocycles. The van der Waals surface area contributed by atoms with Gasteiger partial charge in [0.25, 0.3) is 0 Å². The lowest BCUT2D eigenvalue weighted by Crippen LogP contribution is -2.26. The van der Waals surface area contributed by atoms with Crippen molar-refractivity contribution >= 4 is 23.1 Å². The topological polar surface area (TPSA) is 52.0 Å². The standard InChI is InChI=1S/C19H18N2O2/c1-19(2,3)18(23)21-11-15(12-22)16-5-4-14(10-17(16)21)13-6-8-20-9-7-13/h4-12H,1-3H3. The molecular weight excluding hydrogens is 288 g/mol. The molecule has 0 aliphatic heterocycles. The van der Waals surface area contributed by atoms with Crippen LogP contribution in [0.4, 0.5) is 0 Å². The summed E-state index contributed by atoms with van der Waals surface area (Å²) in [5, 5.41) is 0.787. The van der Waals surface area contributed by atoms with Crippen LogP contribution in [0, 0.1) is 5.41 Å². The molecule has 116 valence electrons. The van der Waals surface area contributed by atoms with Crippen molar-refractivity contribution in [3.8, 4) is 11.1 Å². The molecule has 0 amide bonds. The lowest BCUT2D eigenvalue weighted by Gasteiger charge is -2.18. The van der Waals surface area contributed by atoms with E-state index < -0.39 is 5.41 Å². The molecule has 0 aliphatic rings. The number of nitrogens with zero attached hydrogens (tertiary/aromatic N) is 2. The summed E-state index contributed by atoms with van der Waals surface area (Å²) in [5.41, 5.74) is 2.75. The molecule has 0 N–H and O–H groups in total. The van der Waals surface area contributed by atoms with Crippen molar-refractivity contribution in [1.82, 2.24) is 9.55 Å². The summed E-state index contributed by atoms with van der Waals surface area (Å²) < 4.78 is 1.59. The number of hydrogen-bond donors (Lipinski definition) is 0. The fraction of sp³-hybridized carbons (Fsp3) is 0.211. The zero-order valence-electron chi connectivity index (χ0n) is 13.4. The van der Waals surface area contributed by atoms with Gasteiger partial charge < -0.3 is 0 Å². The van der Waals surface area contributed by atoms with E-state index in [2.05, 4.69) is 4.98 Å². The van der Waals surface area contributed by atoms with Gasteiger partial charge in [0.05, 0.1) is 5.52 Å². The smallest absolute Gasteiger partial charge is 0.236 e. The van der Waals surface area contributed by atoms with Gasteiger partial charge in [0.15, 0.2) is 6.29 Å². The normalized spacial score (nSPS) is 11.6. The quantitative estimate of drug-likeness (QED) is 0.667. The van der Waals surface area contributed by atoms with Crippen LogP contribution in [0.1, 0.15) is 35.9 Å². The molecule has 0 unspecified atom stereocenters. The number of hydrogen-bond acceptors (Lipinski definition) is 3. The number of aromatic nitrogens is 2. The number of carbonyl (C=O) groups is 2. The molecule has 0 saturated carbocycles. The minimum Gasteiger partial charge on any atom is -0.298 e. The predicted octanol–water partition coefficient (Wildman–Crippen LogP) is 4.20. The Labute approximate surface area is 134 Å². The van der Waals surface area contributed by atoms with Gasteiger partial charge in [-0.1, -0.05) is 32.9 Å². The third-order valence-electron chi connectivity index (χ3n) is 3.84. The molecule has 0 spiro atoms. The van der Waals surface area contributed by atoms with Crippen LogP contribution < -0.4 is 0 Å². The summed E-state index contributed by atoms with van der Waals surface area (Å²) in [5.74, 6) is -0.0394. The van der Waals surface area contributed by atoms with Crippen LogP contribution in [0.15, 0.2) is 48.9 Å². The number of pyridine rings is 1. The molecule has 1 aromatic carbocycles. The number of fused-ring (bicyclic) bond motifs is 1. The van der Waals surface area contributed by atoms with Crippen LogP contribution in [-0.2, 0) is 0 Å². The molecule has 2 heterocycles. The van der Waals surface area contributed by atoms with Crippen LogP contribution in [0.3, 0.4) is 0 Å². The zero-order valence-corrected chi connectivity index (χ0v) is 13.4. The molecule has 2 aromatic heterocycles. The first-order chi connectivity index (χ1) is 10.9. The van der Waals surface area contributed by atoms with Gasteiger partial charge in [0, 0.05) is 35.0 Å². The van der Waals surface area contributed by atoms with E-state index in [0.29, 0.717) is 5.56 Å². The Bertz CT molecular complexity index is 887. The van der Waals surface area contributed by atoms with Gasteiger partial charge >= 0.3 is 0 Å². The molecule has 0 radical (unpaired) electrons. The summed E-state index contributed by atoms with van der Waals surface area (Å²) in [7, 11) is 0. The van der Waals surface area contributed by atoms with E-state index >= 15 is 0 Å². The third-order valence-corrected chi connectivity index (χ3v) is 3.84. The molecule has 4 heteroatoms. The highest BCUT2D eigenvalue weighted by Crippen LogP contribution is 2.29. The van der Waals surface area contributed by atoms with Crippen LogP contribution in [0.25, 0.3) is 22.0 Å². The highest BCUT2D eigenvalue weighted by Gasteiger charge is 2.25. The van der Waals surface area contributed by atoms with Crippen LogP contribution >= 0.6 is 0 Å². The maximum Gasteiger partial charge on any atom is 0.236 e. The van der Waals surface area contributed by atoms with Crippen molar-refractivity contribution in [2.75, 3.05) is 0 Å². The van der Waals surface area contributed by atoms with Gasteiger partial charge in [0.2, 0.25) is 5.91 Å². The SMILES string of the molecule is CC(C)(C)C(=O)n1cc(C=O)c2ccc(-c3ccncc3)cc21. The largest absolute Gasteiger partial charge is 0.298 e. The maximum atomic E-state index is 12.7. The average Bonchev–Trinajstić information content (AvgIpc) is 2.91. The van der Waals surface area contributed by atoms with E-state index in [4.69, 9.17) is 0 Å². The van der Waals surface area contributed by atoms with Crippen LogP contribution in [0.5, 0.6) is 0 Å². The number of aldehydes is 1. The second kappa shape index (κ2) is 5.47. The maximum absolute atomic E-state index is 12.7. The van der Waals surface area contributed by atoms with Gasteiger partial charge in [-0.15, -0.1) is 0 Å². The summed E-state index contributed by atoms with van der Waals surface area (Å²) in [4.78, 5) is 28.0.